The molecule has 0 atom stereocenters. The van der Waals surface area contributed by atoms with Crippen LogP contribution in [0.2, 0.25) is 0 Å². The average molecular weight is 416 g/mol. The summed E-state index contributed by atoms with van der Waals surface area (Å²) >= 11 is 0. The molecule has 2 heterocycles. The highest BCUT2D eigenvalue weighted by molar-refractivity contribution is 5.92. The van der Waals surface area contributed by atoms with Crippen molar-refractivity contribution in [2.24, 2.45) is 0 Å². The SMILES string of the molecule is N#Cc1ccc(Oc2ccc(NC(=O)N3CCN(C(=O)c4ccco4)CC3)cc2)cc1. The minimum absolute atomic E-state index is 0.164. The summed E-state index contributed by atoms with van der Waals surface area (Å²) in [6, 6.07) is 19.0. The van der Waals surface area contributed by atoms with Crippen molar-refractivity contribution in [2.75, 3.05) is 31.5 Å². The number of urea groups is 1. The van der Waals surface area contributed by atoms with Gasteiger partial charge in [0.05, 0.1) is 17.9 Å². The zero-order chi connectivity index (χ0) is 21.6. The summed E-state index contributed by atoms with van der Waals surface area (Å²) in [6.07, 6.45) is 1.47. The summed E-state index contributed by atoms with van der Waals surface area (Å²) in [4.78, 5) is 28.2. The second-order valence-corrected chi connectivity index (χ2v) is 6.95. The summed E-state index contributed by atoms with van der Waals surface area (Å²) in [5, 5.41) is 11.7. The molecule has 156 valence electrons. The lowest BCUT2D eigenvalue weighted by Gasteiger charge is -2.34. The largest absolute Gasteiger partial charge is 0.459 e. The van der Waals surface area contributed by atoms with Crippen LogP contribution in [0.4, 0.5) is 10.5 Å². The van der Waals surface area contributed by atoms with Gasteiger partial charge in [0.2, 0.25) is 0 Å². The van der Waals surface area contributed by atoms with E-state index in [2.05, 4.69) is 11.4 Å². The molecule has 1 N–H and O–H groups in total. The second kappa shape index (κ2) is 9.05. The normalized spacial score (nSPS) is 13.4. The summed E-state index contributed by atoms with van der Waals surface area (Å²) in [5.41, 5.74) is 1.21. The molecule has 0 aliphatic carbocycles. The predicted octanol–water partition coefficient (Wildman–Crippen LogP) is 3.93. The van der Waals surface area contributed by atoms with E-state index in [9.17, 15) is 9.59 Å². The van der Waals surface area contributed by atoms with Crippen molar-refractivity contribution in [1.82, 2.24) is 9.80 Å². The third-order valence-corrected chi connectivity index (χ3v) is 4.91. The molecular weight excluding hydrogens is 396 g/mol. The highest BCUT2D eigenvalue weighted by Crippen LogP contribution is 2.23. The number of ether oxygens (including phenoxy) is 1. The fourth-order valence-corrected chi connectivity index (χ4v) is 3.21. The zero-order valence-electron chi connectivity index (χ0n) is 16.7. The molecule has 1 aromatic heterocycles. The number of carbonyl (C=O) groups excluding carboxylic acids is 2. The van der Waals surface area contributed by atoms with E-state index in [0.29, 0.717) is 54.7 Å². The lowest BCUT2D eigenvalue weighted by molar-refractivity contribution is 0.0640. The highest BCUT2D eigenvalue weighted by Gasteiger charge is 2.26. The van der Waals surface area contributed by atoms with Gasteiger partial charge >= 0.3 is 6.03 Å². The van der Waals surface area contributed by atoms with Crippen molar-refractivity contribution in [3.8, 4) is 17.6 Å². The number of rotatable bonds is 4. The summed E-state index contributed by atoms with van der Waals surface area (Å²) < 4.78 is 10.9. The number of nitrogens with zero attached hydrogens (tertiary/aromatic N) is 3. The van der Waals surface area contributed by atoms with Gasteiger partial charge in [0.15, 0.2) is 5.76 Å². The first-order chi connectivity index (χ1) is 15.1. The van der Waals surface area contributed by atoms with Gasteiger partial charge in [-0.15, -0.1) is 0 Å². The van der Waals surface area contributed by atoms with Crippen molar-refractivity contribution in [1.29, 1.82) is 5.26 Å². The zero-order valence-corrected chi connectivity index (χ0v) is 16.7. The molecule has 1 aliphatic rings. The van der Waals surface area contributed by atoms with E-state index in [4.69, 9.17) is 14.4 Å². The molecule has 2 aromatic carbocycles. The van der Waals surface area contributed by atoms with Crippen LogP contribution in [0.15, 0.2) is 71.3 Å². The molecule has 8 nitrogen and oxygen atoms in total. The Balaban J connectivity index is 1.28. The number of amides is 3. The number of furan rings is 1. The van der Waals surface area contributed by atoms with Crippen LogP contribution in [0.1, 0.15) is 16.1 Å². The van der Waals surface area contributed by atoms with Crippen molar-refractivity contribution in [3.05, 3.63) is 78.3 Å². The number of anilines is 1. The van der Waals surface area contributed by atoms with Crippen molar-refractivity contribution >= 4 is 17.6 Å². The number of benzene rings is 2. The van der Waals surface area contributed by atoms with Crippen LogP contribution in [0.5, 0.6) is 11.5 Å². The van der Waals surface area contributed by atoms with Crippen LogP contribution in [0, 0.1) is 11.3 Å². The number of piperazine rings is 1. The van der Waals surface area contributed by atoms with E-state index >= 15 is 0 Å². The van der Waals surface area contributed by atoms with Crippen LogP contribution >= 0.6 is 0 Å². The number of hydrogen-bond donors (Lipinski definition) is 1. The Labute approximate surface area is 179 Å². The maximum atomic E-state index is 12.5. The standard InChI is InChI=1S/C23H20N4O4/c24-16-17-3-7-19(8-4-17)31-20-9-5-18(6-10-20)25-23(29)27-13-11-26(12-14-27)22(28)21-2-1-15-30-21/h1-10,15H,11-14H2,(H,25,29). The summed E-state index contributed by atoms with van der Waals surface area (Å²) in [6.45, 7) is 1.78. The molecule has 0 unspecified atom stereocenters. The number of hydrogen-bond acceptors (Lipinski definition) is 5. The fourth-order valence-electron chi connectivity index (χ4n) is 3.21. The predicted molar refractivity (Wildman–Crippen MR) is 113 cm³/mol. The molecule has 8 heteroatoms. The van der Waals surface area contributed by atoms with Crippen molar-refractivity contribution in [2.45, 2.75) is 0 Å². The third-order valence-electron chi connectivity index (χ3n) is 4.91. The van der Waals surface area contributed by atoms with Crippen LogP contribution in [-0.2, 0) is 0 Å². The first-order valence-corrected chi connectivity index (χ1v) is 9.79. The van der Waals surface area contributed by atoms with E-state index in [1.165, 1.54) is 6.26 Å². The second-order valence-electron chi connectivity index (χ2n) is 6.95. The maximum Gasteiger partial charge on any atom is 0.321 e. The molecular formula is C23H20N4O4. The minimum atomic E-state index is -0.217. The molecule has 1 saturated heterocycles. The Morgan fingerprint density at radius 3 is 2.10 bits per heavy atom. The minimum Gasteiger partial charge on any atom is -0.459 e. The van der Waals surface area contributed by atoms with E-state index in [1.54, 1.807) is 70.5 Å². The molecule has 0 radical (unpaired) electrons. The van der Waals surface area contributed by atoms with Gasteiger partial charge in [-0.25, -0.2) is 4.79 Å². The monoisotopic (exact) mass is 416 g/mol. The Morgan fingerprint density at radius 2 is 1.52 bits per heavy atom. The molecule has 3 aromatic rings. The van der Waals surface area contributed by atoms with Gasteiger partial charge < -0.3 is 24.3 Å². The van der Waals surface area contributed by atoms with E-state index in [-0.39, 0.29) is 11.9 Å². The van der Waals surface area contributed by atoms with Gasteiger partial charge in [0, 0.05) is 31.9 Å². The first kappa shape index (κ1) is 20.0. The molecule has 3 amide bonds. The smallest absolute Gasteiger partial charge is 0.321 e. The Hall–Kier alpha value is -4.25. The van der Waals surface area contributed by atoms with Gasteiger partial charge in [-0.3, -0.25) is 4.79 Å². The van der Waals surface area contributed by atoms with Gasteiger partial charge in [-0.2, -0.15) is 5.26 Å². The fraction of sp³-hybridized carbons (Fsp3) is 0.174. The van der Waals surface area contributed by atoms with Gasteiger partial charge in [0.25, 0.3) is 5.91 Å². The van der Waals surface area contributed by atoms with Crippen molar-refractivity contribution in [3.63, 3.8) is 0 Å². The topological polar surface area (TPSA) is 98.8 Å². The number of nitrogens with one attached hydrogen (secondary N) is 1. The lowest BCUT2D eigenvalue weighted by atomic mass is 10.2. The van der Waals surface area contributed by atoms with Gasteiger partial charge in [-0.05, 0) is 60.7 Å². The van der Waals surface area contributed by atoms with Gasteiger partial charge in [-0.1, -0.05) is 0 Å². The summed E-state index contributed by atoms with van der Waals surface area (Å²) in [5.74, 6) is 1.38. The quantitative estimate of drug-likeness (QED) is 0.695. The van der Waals surface area contributed by atoms with Crippen LogP contribution in [0.3, 0.4) is 0 Å². The molecule has 0 bridgehead atoms. The third kappa shape index (κ3) is 4.85. The maximum absolute atomic E-state index is 12.5. The molecule has 31 heavy (non-hydrogen) atoms. The van der Waals surface area contributed by atoms with Crippen LogP contribution in [-0.4, -0.2) is 47.9 Å². The Kier molecular flexibility index (Phi) is 5.85. The average Bonchev–Trinajstić information content (AvgIpc) is 3.35. The van der Waals surface area contributed by atoms with Crippen LogP contribution in [0.25, 0.3) is 0 Å². The molecule has 1 fully saturated rings. The van der Waals surface area contributed by atoms with E-state index < -0.39 is 0 Å². The number of nitriles is 1. The molecule has 0 saturated carbocycles. The lowest BCUT2D eigenvalue weighted by Crippen LogP contribution is -2.51. The molecule has 4 rings (SSSR count). The van der Waals surface area contributed by atoms with Gasteiger partial charge in [0.1, 0.15) is 11.5 Å². The summed E-state index contributed by atoms with van der Waals surface area (Å²) in [7, 11) is 0. The van der Waals surface area contributed by atoms with Crippen LogP contribution < -0.4 is 10.1 Å². The van der Waals surface area contributed by atoms with E-state index in [1.807, 2.05) is 0 Å². The molecule has 1 aliphatic heterocycles. The number of carbonyl (C=O) groups is 2. The van der Waals surface area contributed by atoms with Crippen molar-refractivity contribution < 1.29 is 18.7 Å². The highest BCUT2D eigenvalue weighted by atomic mass is 16.5. The Morgan fingerprint density at radius 1 is 0.903 bits per heavy atom. The molecule has 0 spiro atoms. The first-order valence-electron chi connectivity index (χ1n) is 9.79. The van der Waals surface area contributed by atoms with E-state index in [0.717, 1.165) is 0 Å². The Bertz CT molecular complexity index is 1080.